The molecule has 0 fully saturated rings. The fourth-order valence-electron chi connectivity index (χ4n) is 7.33. The minimum absolute atomic E-state index is 0.172. The molecule has 0 aromatic rings. The monoisotopic (exact) mass is 799 g/mol. The molecule has 0 aromatic heterocycles. The third kappa shape index (κ3) is 48.6. The van der Waals surface area contributed by atoms with E-state index in [2.05, 4.69) is 62.5 Å². The molecule has 0 aliphatic carbocycles. The quantitative estimate of drug-likeness (QED) is 0.0378. The Bertz CT molecular complexity index is 889. The van der Waals surface area contributed by atoms with E-state index in [4.69, 9.17) is 9.47 Å². The van der Waals surface area contributed by atoms with Crippen molar-refractivity contribution >= 4 is 5.97 Å². The Balaban J connectivity index is 3.40. The summed E-state index contributed by atoms with van der Waals surface area (Å²) in [5.41, 5.74) is 0. The lowest BCUT2D eigenvalue weighted by Crippen LogP contribution is -2.27. The molecule has 334 valence electrons. The summed E-state index contributed by atoms with van der Waals surface area (Å²) in [6, 6.07) is 0. The van der Waals surface area contributed by atoms with Gasteiger partial charge in [0, 0.05) is 13.0 Å². The maximum atomic E-state index is 12.3. The predicted octanol–water partition coefficient (Wildman–Crippen LogP) is 17.0. The number of ether oxygens (including phenoxy) is 2. The molecular weight excluding hydrogens is 701 g/mol. The van der Waals surface area contributed by atoms with Gasteiger partial charge in [0.25, 0.3) is 0 Å². The molecule has 1 unspecified atom stereocenters. The highest BCUT2D eigenvalue weighted by molar-refractivity contribution is 5.69. The van der Waals surface area contributed by atoms with Crippen LogP contribution in [0.5, 0.6) is 0 Å². The van der Waals surface area contributed by atoms with Crippen LogP contribution in [0.4, 0.5) is 0 Å². The first-order valence-corrected chi connectivity index (χ1v) is 25.2. The molecule has 0 saturated heterocycles. The molecule has 0 radical (unpaired) electrons. The number of esters is 1. The van der Waals surface area contributed by atoms with E-state index < -0.39 is 6.10 Å². The second kappa shape index (κ2) is 50.5. The highest BCUT2D eigenvalue weighted by Gasteiger charge is 2.13. The van der Waals surface area contributed by atoms with Crippen molar-refractivity contribution in [3.05, 3.63) is 48.6 Å². The van der Waals surface area contributed by atoms with Gasteiger partial charge in [-0.15, -0.1) is 0 Å². The van der Waals surface area contributed by atoms with Gasteiger partial charge in [0.1, 0.15) is 6.10 Å². The third-order valence-electron chi connectivity index (χ3n) is 11.1. The second-order valence-electron chi connectivity index (χ2n) is 16.9. The average molecular weight is 799 g/mol. The van der Waals surface area contributed by atoms with Gasteiger partial charge in [0.2, 0.25) is 0 Å². The van der Waals surface area contributed by atoms with Crippen molar-refractivity contribution in [2.75, 3.05) is 19.8 Å². The van der Waals surface area contributed by atoms with E-state index in [1.165, 1.54) is 205 Å². The normalized spacial score (nSPS) is 12.7. The minimum atomic E-state index is -0.537. The predicted molar refractivity (Wildman–Crippen MR) is 251 cm³/mol. The first-order chi connectivity index (χ1) is 28.2. The number of allylic oxidation sites excluding steroid dienone is 8. The molecule has 0 amide bonds. The zero-order valence-corrected chi connectivity index (χ0v) is 38.4. The van der Waals surface area contributed by atoms with Crippen LogP contribution in [-0.4, -0.2) is 37.0 Å². The number of hydrogen-bond acceptors (Lipinski definition) is 4. The first-order valence-electron chi connectivity index (χ1n) is 25.2. The molecule has 4 nitrogen and oxygen atoms in total. The fraction of sp³-hybridized carbons (Fsp3) is 0.830. The van der Waals surface area contributed by atoms with Crippen LogP contribution in [-0.2, 0) is 14.3 Å². The second-order valence-corrected chi connectivity index (χ2v) is 16.9. The Morgan fingerprint density at radius 1 is 0.421 bits per heavy atom. The average Bonchev–Trinajstić information content (AvgIpc) is 3.22. The lowest BCUT2D eigenvalue weighted by Gasteiger charge is -2.16. The summed E-state index contributed by atoms with van der Waals surface area (Å²) in [7, 11) is 0. The van der Waals surface area contributed by atoms with Gasteiger partial charge >= 0.3 is 5.97 Å². The van der Waals surface area contributed by atoms with Gasteiger partial charge in [-0.3, -0.25) is 4.79 Å². The van der Waals surface area contributed by atoms with Crippen molar-refractivity contribution in [1.29, 1.82) is 0 Å². The summed E-state index contributed by atoms with van der Waals surface area (Å²) in [5.74, 6) is -0.200. The van der Waals surface area contributed by atoms with E-state index in [0.717, 1.165) is 32.1 Å². The summed E-state index contributed by atoms with van der Waals surface area (Å²) in [6.07, 6.45) is 66.2. The maximum Gasteiger partial charge on any atom is 0.306 e. The molecule has 0 bridgehead atoms. The maximum absolute atomic E-state index is 12.3. The van der Waals surface area contributed by atoms with Gasteiger partial charge in [0.05, 0.1) is 13.2 Å². The Morgan fingerprint density at radius 2 is 0.737 bits per heavy atom. The van der Waals surface area contributed by atoms with Gasteiger partial charge < -0.3 is 14.6 Å². The van der Waals surface area contributed by atoms with Crippen LogP contribution in [0.15, 0.2) is 48.6 Å². The summed E-state index contributed by atoms with van der Waals surface area (Å²) >= 11 is 0. The van der Waals surface area contributed by atoms with Crippen molar-refractivity contribution in [3.8, 4) is 0 Å². The molecule has 0 aromatic carbocycles. The third-order valence-corrected chi connectivity index (χ3v) is 11.1. The van der Waals surface area contributed by atoms with Gasteiger partial charge in [-0.05, 0) is 77.0 Å². The molecule has 0 rings (SSSR count). The topological polar surface area (TPSA) is 55.8 Å². The Morgan fingerprint density at radius 3 is 1.12 bits per heavy atom. The standard InChI is InChI=1S/C53H98O4/c1-3-5-7-9-11-13-15-17-19-21-23-25-26-27-28-29-30-32-34-36-38-40-42-44-46-48-53(55)57-52(50-54)51-56-49-47-45-43-41-39-37-35-33-31-24-22-20-18-16-14-12-10-8-6-4-2/h12,14-15,17-18,20-21,23,52,54H,3-11,13,16,19,22,24-51H2,1-2H3/b14-12-,17-15-,20-18-,23-21-. The van der Waals surface area contributed by atoms with Crippen molar-refractivity contribution in [1.82, 2.24) is 0 Å². The van der Waals surface area contributed by atoms with E-state index in [1.807, 2.05) is 0 Å². The van der Waals surface area contributed by atoms with Crippen LogP contribution in [0.3, 0.4) is 0 Å². The van der Waals surface area contributed by atoms with Gasteiger partial charge in [-0.25, -0.2) is 0 Å². The van der Waals surface area contributed by atoms with Gasteiger partial charge in [0.15, 0.2) is 0 Å². The molecular formula is C53H98O4. The SMILES string of the molecule is CCCCC/C=C\C/C=C\CCCCCCCCCCCCOCC(CO)OC(=O)CCCCCCCCCCCCCCC/C=C\C/C=C\CCCCCCC. The largest absolute Gasteiger partial charge is 0.457 e. The van der Waals surface area contributed by atoms with E-state index in [1.54, 1.807) is 0 Å². The van der Waals surface area contributed by atoms with Crippen LogP contribution in [0.25, 0.3) is 0 Å². The lowest BCUT2D eigenvalue weighted by atomic mass is 10.0. The molecule has 57 heavy (non-hydrogen) atoms. The first kappa shape index (κ1) is 55.4. The summed E-state index contributed by atoms with van der Waals surface area (Å²) in [6.45, 7) is 5.33. The van der Waals surface area contributed by atoms with Gasteiger partial charge in [-0.2, -0.15) is 0 Å². The smallest absolute Gasteiger partial charge is 0.306 e. The van der Waals surface area contributed by atoms with E-state index >= 15 is 0 Å². The number of rotatable bonds is 47. The number of aliphatic hydroxyl groups is 1. The molecule has 0 saturated carbocycles. The van der Waals surface area contributed by atoms with Gasteiger partial charge in [-0.1, -0.05) is 223 Å². The van der Waals surface area contributed by atoms with Crippen LogP contribution in [0.2, 0.25) is 0 Å². The Kier molecular flexibility index (Phi) is 49.0. The number of hydrogen-bond donors (Lipinski definition) is 1. The van der Waals surface area contributed by atoms with Crippen LogP contribution in [0.1, 0.15) is 258 Å². The number of carbonyl (C=O) groups excluding carboxylic acids is 1. The van der Waals surface area contributed by atoms with Crippen molar-refractivity contribution in [3.63, 3.8) is 0 Å². The summed E-state index contributed by atoms with van der Waals surface area (Å²) < 4.78 is 11.2. The molecule has 0 aliphatic heterocycles. The highest BCUT2D eigenvalue weighted by atomic mass is 16.6. The van der Waals surface area contributed by atoms with E-state index in [-0.39, 0.29) is 12.6 Å². The molecule has 1 N–H and O–H groups in total. The number of unbranched alkanes of at least 4 members (excludes halogenated alkanes) is 31. The van der Waals surface area contributed by atoms with E-state index in [9.17, 15) is 9.90 Å². The lowest BCUT2D eigenvalue weighted by molar-refractivity contribution is -0.154. The molecule has 1 atom stereocenters. The van der Waals surface area contributed by atoms with Crippen LogP contribution < -0.4 is 0 Å². The number of aliphatic hydroxyl groups excluding tert-OH is 1. The van der Waals surface area contributed by atoms with Crippen LogP contribution >= 0.6 is 0 Å². The molecule has 0 aliphatic rings. The Labute approximate surface area is 356 Å². The van der Waals surface area contributed by atoms with E-state index in [0.29, 0.717) is 19.6 Å². The van der Waals surface area contributed by atoms with Crippen molar-refractivity contribution in [2.45, 2.75) is 264 Å². The summed E-state index contributed by atoms with van der Waals surface area (Å²) in [5, 5.41) is 9.65. The Hall–Kier alpha value is -1.65. The highest BCUT2D eigenvalue weighted by Crippen LogP contribution is 2.15. The minimum Gasteiger partial charge on any atom is -0.457 e. The number of carbonyl (C=O) groups is 1. The zero-order valence-electron chi connectivity index (χ0n) is 38.4. The molecule has 4 heteroatoms. The molecule has 0 spiro atoms. The van der Waals surface area contributed by atoms with Crippen LogP contribution in [0, 0.1) is 0 Å². The molecule has 0 heterocycles. The summed E-state index contributed by atoms with van der Waals surface area (Å²) in [4.78, 5) is 12.3. The van der Waals surface area contributed by atoms with Crippen molar-refractivity contribution < 1.29 is 19.4 Å². The fourth-order valence-corrected chi connectivity index (χ4v) is 7.33. The van der Waals surface area contributed by atoms with Crippen molar-refractivity contribution in [2.24, 2.45) is 0 Å². The zero-order chi connectivity index (χ0) is 41.2.